The van der Waals surface area contributed by atoms with Crippen LogP contribution in [0.1, 0.15) is 17.0 Å². The third-order valence-corrected chi connectivity index (χ3v) is 6.68. The number of rotatable bonds is 4. The Bertz CT molecular complexity index is 1940. The van der Waals surface area contributed by atoms with Gasteiger partial charge < -0.3 is 4.74 Å². The Labute approximate surface area is 213 Å². The maximum Gasteiger partial charge on any atom is 0.221 e. The minimum atomic E-state index is 0.733. The normalized spacial score (nSPS) is 11.6. The number of aryl methyl sites for hydroxylation is 3. The number of aromatic nitrogens is 6. The summed E-state index contributed by atoms with van der Waals surface area (Å²) in [6.07, 6.45) is 1.80. The third kappa shape index (κ3) is 3.39. The zero-order valence-corrected chi connectivity index (χ0v) is 20.8. The molecule has 7 rings (SSSR count). The molecule has 7 aromatic rings. The molecule has 0 fully saturated rings. The maximum atomic E-state index is 6.36. The van der Waals surface area contributed by atoms with Gasteiger partial charge in [0.2, 0.25) is 5.78 Å². The van der Waals surface area contributed by atoms with E-state index in [0.717, 1.165) is 67.8 Å². The Hall–Kier alpha value is -4.91. The molecular weight excluding hydrogens is 460 g/mol. The minimum absolute atomic E-state index is 0.733. The lowest BCUT2D eigenvalue weighted by molar-refractivity contribution is 0.482. The summed E-state index contributed by atoms with van der Waals surface area (Å²) in [6.45, 7) is 6.14. The highest BCUT2D eigenvalue weighted by Crippen LogP contribution is 2.33. The number of imidazole rings is 2. The highest BCUT2D eigenvalue weighted by Gasteiger charge is 2.19. The van der Waals surface area contributed by atoms with Crippen LogP contribution in [0.4, 0.5) is 0 Å². The molecule has 0 saturated carbocycles. The quantitative estimate of drug-likeness (QED) is 0.278. The highest BCUT2D eigenvalue weighted by atomic mass is 16.5. The van der Waals surface area contributed by atoms with Gasteiger partial charge in [-0.1, -0.05) is 24.3 Å². The van der Waals surface area contributed by atoms with Gasteiger partial charge in [-0.2, -0.15) is 5.10 Å². The molecule has 0 aliphatic heterocycles. The number of hydrogen-bond acceptors (Lipinski definition) is 4. The van der Waals surface area contributed by atoms with Crippen molar-refractivity contribution in [3.8, 4) is 23.0 Å². The van der Waals surface area contributed by atoms with E-state index in [2.05, 4.69) is 69.3 Å². The minimum Gasteiger partial charge on any atom is -0.457 e. The SMILES string of the molecule is Cc1cc(C)n(-c2cccc(Oc3ccc4c(c3)n(-c3ccccn3)c3nc5c(C)cccc5n43)c2)n1. The van der Waals surface area contributed by atoms with Crippen LogP contribution in [0.15, 0.2) is 91.1 Å². The Morgan fingerprint density at radius 3 is 2.41 bits per heavy atom. The van der Waals surface area contributed by atoms with Crippen molar-refractivity contribution in [2.45, 2.75) is 20.8 Å². The maximum absolute atomic E-state index is 6.36. The fourth-order valence-corrected chi connectivity index (χ4v) is 5.07. The van der Waals surface area contributed by atoms with E-state index in [1.54, 1.807) is 6.20 Å². The molecule has 0 atom stereocenters. The lowest BCUT2D eigenvalue weighted by Gasteiger charge is -2.10. The summed E-state index contributed by atoms with van der Waals surface area (Å²) >= 11 is 0. The van der Waals surface area contributed by atoms with Crippen molar-refractivity contribution >= 4 is 27.8 Å². The zero-order valence-electron chi connectivity index (χ0n) is 20.8. The van der Waals surface area contributed by atoms with Crippen LogP contribution in [0.2, 0.25) is 0 Å². The molecule has 0 unspecified atom stereocenters. The fraction of sp³-hybridized carbons (Fsp3) is 0.100. The summed E-state index contributed by atoms with van der Waals surface area (Å²) in [4.78, 5) is 9.67. The van der Waals surface area contributed by atoms with Gasteiger partial charge in [0.1, 0.15) is 17.3 Å². The molecule has 0 aliphatic rings. The van der Waals surface area contributed by atoms with E-state index in [9.17, 15) is 0 Å². The van der Waals surface area contributed by atoms with Gasteiger partial charge in [-0.15, -0.1) is 0 Å². The second-order valence-corrected chi connectivity index (χ2v) is 9.30. The van der Waals surface area contributed by atoms with E-state index in [0.29, 0.717) is 0 Å². The van der Waals surface area contributed by atoms with E-state index in [1.165, 1.54) is 0 Å². The summed E-state index contributed by atoms with van der Waals surface area (Å²) < 4.78 is 12.6. The molecule has 7 nitrogen and oxygen atoms in total. The summed E-state index contributed by atoms with van der Waals surface area (Å²) in [5.74, 6) is 3.10. The van der Waals surface area contributed by atoms with Crippen molar-refractivity contribution in [2.75, 3.05) is 0 Å². The Morgan fingerprint density at radius 1 is 0.730 bits per heavy atom. The Morgan fingerprint density at radius 2 is 1.59 bits per heavy atom. The van der Waals surface area contributed by atoms with Gasteiger partial charge in [0, 0.05) is 24.0 Å². The second-order valence-electron chi connectivity index (χ2n) is 9.30. The van der Waals surface area contributed by atoms with Crippen LogP contribution in [0.5, 0.6) is 11.5 Å². The monoisotopic (exact) mass is 484 g/mol. The summed E-state index contributed by atoms with van der Waals surface area (Å²) in [6, 6.07) is 28.4. The lowest BCUT2D eigenvalue weighted by Crippen LogP contribution is -1.99. The molecule has 0 amide bonds. The number of hydrogen-bond donors (Lipinski definition) is 0. The first-order valence-electron chi connectivity index (χ1n) is 12.2. The molecule has 4 aromatic heterocycles. The van der Waals surface area contributed by atoms with Crippen LogP contribution < -0.4 is 4.74 Å². The van der Waals surface area contributed by atoms with Gasteiger partial charge in [-0.3, -0.25) is 8.97 Å². The Balaban J connectivity index is 1.39. The molecule has 4 heterocycles. The van der Waals surface area contributed by atoms with Crippen molar-refractivity contribution < 1.29 is 4.74 Å². The molecule has 0 saturated heterocycles. The average molecular weight is 485 g/mol. The summed E-state index contributed by atoms with van der Waals surface area (Å²) in [7, 11) is 0. The summed E-state index contributed by atoms with van der Waals surface area (Å²) in [5.41, 5.74) is 8.23. The van der Waals surface area contributed by atoms with E-state index >= 15 is 0 Å². The number of para-hydroxylation sites is 1. The molecule has 7 heteroatoms. The predicted molar refractivity (Wildman–Crippen MR) is 145 cm³/mol. The Kier molecular flexibility index (Phi) is 4.66. The van der Waals surface area contributed by atoms with Gasteiger partial charge in [-0.25, -0.2) is 14.6 Å². The lowest BCUT2D eigenvalue weighted by atomic mass is 10.2. The smallest absolute Gasteiger partial charge is 0.221 e. The standard InChI is InChI=1S/C30H24N6O/c1-19-8-6-11-26-29(19)32-30-34(26)25-14-13-24(18-27(25)35(30)28-12-4-5-15-31-28)37-23-10-7-9-22(17-23)36-21(3)16-20(2)33-36/h4-18H,1-3H3. The van der Waals surface area contributed by atoms with E-state index in [-0.39, 0.29) is 0 Å². The van der Waals surface area contributed by atoms with Crippen LogP contribution in [-0.4, -0.2) is 28.7 Å². The largest absolute Gasteiger partial charge is 0.457 e. The fourth-order valence-electron chi connectivity index (χ4n) is 5.07. The van der Waals surface area contributed by atoms with Crippen LogP contribution in [-0.2, 0) is 0 Å². The first-order chi connectivity index (χ1) is 18.1. The number of pyridine rings is 1. The molecule has 0 N–H and O–H groups in total. The molecule has 37 heavy (non-hydrogen) atoms. The van der Waals surface area contributed by atoms with Crippen LogP contribution in [0, 0.1) is 20.8 Å². The van der Waals surface area contributed by atoms with Crippen molar-refractivity contribution in [1.29, 1.82) is 0 Å². The third-order valence-electron chi connectivity index (χ3n) is 6.68. The molecule has 0 spiro atoms. The summed E-state index contributed by atoms with van der Waals surface area (Å²) in [5, 5.41) is 4.61. The van der Waals surface area contributed by atoms with Crippen LogP contribution >= 0.6 is 0 Å². The van der Waals surface area contributed by atoms with Gasteiger partial charge in [-0.05, 0) is 74.9 Å². The molecule has 0 bridgehead atoms. The van der Waals surface area contributed by atoms with Crippen LogP contribution in [0.3, 0.4) is 0 Å². The molecule has 0 aliphatic carbocycles. The van der Waals surface area contributed by atoms with Gasteiger partial charge in [0.15, 0.2) is 0 Å². The van der Waals surface area contributed by atoms with Crippen LogP contribution in [0.25, 0.3) is 39.3 Å². The molecule has 180 valence electrons. The first kappa shape index (κ1) is 21.4. The van der Waals surface area contributed by atoms with E-state index < -0.39 is 0 Å². The number of benzene rings is 3. The van der Waals surface area contributed by atoms with Gasteiger partial charge in [0.25, 0.3) is 0 Å². The van der Waals surface area contributed by atoms with Gasteiger partial charge >= 0.3 is 0 Å². The highest BCUT2D eigenvalue weighted by molar-refractivity contribution is 5.93. The predicted octanol–water partition coefficient (Wildman–Crippen LogP) is 6.73. The molecule has 0 radical (unpaired) electrons. The van der Waals surface area contributed by atoms with Crippen molar-refractivity contribution in [1.82, 2.24) is 28.7 Å². The second kappa shape index (κ2) is 8.06. The number of nitrogens with zero attached hydrogens (tertiary/aromatic N) is 6. The van der Waals surface area contributed by atoms with E-state index in [1.807, 2.05) is 60.1 Å². The topological polar surface area (TPSA) is 62.2 Å². The van der Waals surface area contributed by atoms with Crippen molar-refractivity contribution in [3.05, 3.63) is 108 Å². The molecule has 3 aromatic carbocycles. The number of fused-ring (bicyclic) bond motifs is 5. The number of ether oxygens (including phenoxy) is 1. The first-order valence-corrected chi connectivity index (χ1v) is 12.2. The zero-order chi connectivity index (χ0) is 25.1. The van der Waals surface area contributed by atoms with Crippen molar-refractivity contribution in [3.63, 3.8) is 0 Å². The van der Waals surface area contributed by atoms with E-state index in [4.69, 9.17) is 9.72 Å². The van der Waals surface area contributed by atoms with Crippen molar-refractivity contribution in [2.24, 2.45) is 0 Å². The van der Waals surface area contributed by atoms with Gasteiger partial charge in [0.05, 0.1) is 33.4 Å². The average Bonchev–Trinajstić information content (AvgIpc) is 3.55. The molecular formula is C30H24N6O.